The van der Waals surface area contributed by atoms with Crippen molar-refractivity contribution >= 4 is 18.4 Å². The second-order valence-electron chi connectivity index (χ2n) is 5.10. The van der Waals surface area contributed by atoms with Gasteiger partial charge in [-0.25, -0.2) is 0 Å². The Balaban J connectivity index is 2.73. The Hall–Kier alpha value is -0.281. The fraction of sp³-hybridized carbons (Fsp3) is 0.429. The van der Waals surface area contributed by atoms with Crippen LogP contribution in [0.1, 0.15) is 5.56 Å². The molecule has 1 aromatic rings. The van der Waals surface area contributed by atoms with Crippen LogP contribution in [-0.4, -0.2) is 32.1 Å². The molecule has 0 atom stereocenters. The van der Waals surface area contributed by atoms with Crippen molar-refractivity contribution in [1.29, 1.82) is 0 Å². The van der Waals surface area contributed by atoms with Gasteiger partial charge in [0.05, 0.1) is 0 Å². The average Bonchev–Trinajstić information content (AvgIpc) is 2.24. The summed E-state index contributed by atoms with van der Waals surface area (Å²) in [7, 11) is 1.79. The van der Waals surface area contributed by atoms with E-state index in [1.165, 1.54) is 5.56 Å². The van der Waals surface area contributed by atoms with Crippen molar-refractivity contribution in [2.45, 2.75) is 21.2 Å². The summed E-state index contributed by atoms with van der Waals surface area (Å²) in [5, 5.41) is 0. The number of rotatable bonds is 5. The van der Waals surface area contributed by atoms with Crippen LogP contribution in [0.2, 0.25) is 14.8 Å². The van der Waals surface area contributed by atoms with Crippen molar-refractivity contribution in [1.82, 2.24) is 0 Å². The Morgan fingerprint density at radius 3 is 2.31 bits per heavy atom. The van der Waals surface area contributed by atoms with Crippen molar-refractivity contribution in [2.75, 3.05) is 13.7 Å². The molecule has 16 heavy (non-hydrogen) atoms. The van der Waals surface area contributed by atoms with Crippen molar-refractivity contribution in [3.05, 3.63) is 45.6 Å². The van der Waals surface area contributed by atoms with Gasteiger partial charge in [-0.05, 0) is 0 Å². The minimum atomic E-state index is -1.95. The van der Waals surface area contributed by atoms with E-state index in [1.807, 2.05) is 0 Å². The summed E-state index contributed by atoms with van der Waals surface area (Å²) in [6, 6.07) is 10.6. The van der Waals surface area contributed by atoms with Crippen LogP contribution in [0, 0.1) is 0 Å². The number of allylic oxidation sites excluding steroid dienone is 1. The van der Waals surface area contributed by atoms with Gasteiger partial charge in [-0.1, -0.05) is 0 Å². The van der Waals surface area contributed by atoms with Gasteiger partial charge in [0.15, 0.2) is 0 Å². The van der Waals surface area contributed by atoms with Crippen molar-refractivity contribution in [3.63, 3.8) is 0 Å². The van der Waals surface area contributed by atoms with Crippen LogP contribution in [0.4, 0.5) is 0 Å². The van der Waals surface area contributed by atoms with E-state index in [0.29, 0.717) is 0 Å². The van der Waals surface area contributed by atoms with E-state index in [2.05, 4.69) is 51.2 Å². The zero-order chi connectivity index (χ0) is 12.0. The molecule has 0 amide bonds. The standard InChI is InChI=1S/C11H13O.3CH3.Sn/c1-12-10-6-5-9-11-7-3-2-4-8-11;;;;/h2-5,7-8H,9-10H2,1H3;3*1H3;. The van der Waals surface area contributed by atoms with Crippen LogP contribution in [0.3, 0.4) is 0 Å². The van der Waals surface area contributed by atoms with E-state index in [-0.39, 0.29) is 0 Å². The molecule has 0 aliphatic heterocycles. The van der Waals surface area contributed by atoms with Crippen LogP contribution in [0.15, 0.2) is 40.0 Å². The first-order valence-corrected chi connectivity index (χ1v) is 15.8. The first-order chi connectivity index (χ1) is 7.54. The van der Waals surface area contributed by atoms with Gasteiger partial charge in [-0.2, -0.15) is 0 Å². The summed E-state index contributed by atoms with van der Waals surface area (Å²) in [5.74, 6) is 0. The minimum absolute atomic E-state index is 0.812. The van der Waals surface area contributed by atoms with Gasteiger partial charge in [0.2, 0.25) is 0 Å². The molecule has 0 aliphatic carbocycles. The molecule has 0 bridgehead atoms. The van der Waals surface area contributed by atoms with Crippen molar-refractivity contribution in [2.24, 2.45) is 0 Å². The van der Waals surface area contributed by atoms with Crippen molar-refractivity contribution in [3.8, 4) is 0 Å². The van der Waals surface area contributed by atoms with Gasteiger partial charge in [0.1, 0.15) is 0 Å². The number of hydrogen-bond acceptors (Lipinski definition) is 1. The maximum atomic E-state index is 5.30. The van der Waals surface area contributed by atoms with Gasteiger partial charge < -0.3 is 0 Å². The van der Waals surface area contributed by atoms with Crippen LogP contribution < -0.4 is 0 Å². The SMILES string of the molecule is COC/[C](=C/Cc1ccccc1)[Sn]([CH3])([CH3])[CH3]. The zero-order valence-corrected chi connectivity index (χ0v) is 13.6. The third-order valence-corrected chi connectivity index (χ3v) is 9.18. The predicted molar refractivity (Wildman–Crippen MR) is 73.5 cm³/mol. The second kappa shape index (κ2) is 6.45. The fourth-order valence-electron chi connectivity index (χ4n) is 1.59. The molecule has 0 fully saturated rings. The molecule has 88 valence electrons. The van der Waals surface area contributed by atoms with E-state index >= 15 is 0 Å². The Morgan fingerprint density at radius 2 is 1.81 bits per heavy atom. The molecule has 0 spiro atoms. The molecule has 1 nitrogen and oxygen atoms in total. The van der Waals surface area contributed by atoms with Crippen molar-refractivity contribution < 1.29 is 4.74 Å². The van der Waals surface area contributed by atoms with Crippen LogP contribution in [0.5, 0.6) is 0 Å². The monoisotopic (exact) mass is 326 g/mol. The zero-order valence-electron chi connectivity index (χ0n) is 10.8. The predicted octanol–water partition coefficient (Wildman–Crippen LogP) is 3.68. The Labute approximate surface area is 103 Å². The molecule has 0 N–H and O–H groups in total. The Morgan fingerprint density at radius 1 is 1.19 bits per heavy atom. The normalized spacial score (nSPS) is 12.9. The first-order valence-electron chi connectivity index (χ1n) is 5.76. The van der Waals surface area contributed by atoms with Gasteiger partial charge in [0.25, 0.3) is 0 Å². The number of methoxy groups -OCH3 is 1. The van der Waals surface area contributed by atoms with Crippen LogP contribution in [0.25, 0.3) is 0 Å². The summed E-state index contributed by atoms with van der Waals surface area (Å²) >= 11 is -1.95. The second-order valence-corrected chi connectivity index (χ2v) is 19.8. The molecular formula is C14H22OSn. The van der Waals surface area contributed by atoms with E-state index in [0.717, 1.165) is 13.0 Å². The molecule has 1 rings (SSSR count). The summed E-state index contributed by atoms with van der Waals surface area (Å²) in [6.45, 7) is 0.812. The third kappa shape index (κ3) is 4.70. The summed E-state index contributed by atoms with van der Waals surface area (Å²) < 4.78 is 6.87. The van der Waals surface area contributed by atoms with Gasteiger partial charge in [-0.3, -0.25) is 0 Å². The first kappa shape index (κ1) is 13.8. The summed E-state index contributed by atoms with van der Waals surface area (Å²) in [6.07, 6.45) is 3.42. The molecule has 1 aromatic carbocycles. The molecular weight excluding hydrogens is 303 g/mol. The quantitative estimate of drug-likeness (QED) is 0.751. The molecule has 2 heteroatoms. The van der Waals surface area contributed by atoms with E-state index in [1.54, 1.807) is 10.7 Å². The summed E-state index contributed by atoms with van der Waals surface area (Å²) in [4.78, 5) is 7.31. The molecule has 0 unspecified atom stereocenters. The van der Waals surface area contributed by atoms with E-state index in [4.69, 9.17) is 4.74 Å². The molecule has 0 aliphatic rings. The van der Waals surface area contributed by atoms with E-state index in [9.17, 15) is 0 Å². The molecule has 0 heterocycles. The number of ether oxygens (including phenoxy) is 1. The topological polar surface area (TPSA) is 9.23 Å². The van der Waals surface area contributed by atoms with E-state index < -0.39 is 18.4 Å². The molecule has 0 aromatic heterocycles. The summed E-state index contributed by atoms with van der Waals surface area (Å²) in [5.41, 5.74) is 1.38. The Bertz CT molecular complexity index is 336. The third-order valence-electron chi connectivity index (χ3n) is 2.69. The molecule has 0 radical (unpaired) electrons. The fourth-order valence-corrected chi connectivity index (χ4v) is 5.28. The Kier molecular flexibility index (Phi) is 5.56. The average molecular weight is 325 g/mol. The molecule has 0 saturated heterocycles. The van der Waals surface area contributed by atoms with Gasteiger partial charge in [-0.15, -0.1) is 0 Å². The van der Waals surface area contributed by atoms with Gasteiger partial charge >= 0.3 is 104 Å². The van der Waals surface area contributed by atoms with Crippen LogP contribution in [-0.2, 0) is 11.2 Å². The molecule has 0 saturated carbocycles. The maximum absolute atomic E-state index is 5.30. The number of benzene rings is 1. The van der Waals surface area contributed by atoms with Gasteiger partial charge in [0, 0.05) is 0 Å². The number of hydrogen-bond donors (Lipinski definition) is 0. The van der Waals surface area contributed by atoms with Crippen LogP contribution >= 0.6 is 0 Å².